The van der Waals surface area contributed by atoms with E-state index in [0.717, 1.165) is 16.7 Å². The van der Waals surface area contributed by atoms with E-state index in [1.165, 1.54) is 9.58 Å². The Hall–Kier alpha value is -4.13. The molecule has 218 valence electrons. The zero-order valence-electron chi connectivity index (χ0n) is 23.2. The van der Waals surface area contributed by atoms with Crippen LogP contribution < -0.4 is 11.1 Å². The fraction of sp³-hybridized carbons (Fsp3) is 0.414. The summed E-state index contributed by atoms with van der Waals surface area (Å²) in [6, 6.07) is 14.4. The van der Waals surface area contributed by atoms with E-state index in [4.69, 9.17) is 5.73 Å². The van der Waals surface area contributed by atoms with Gasteiger partial charge in [0.15, 0.2) is 6.29 Å². The minimum absolute atomic E-state index is 0.0173. The smallest absolute Gasteiger partial charge is 0.248 e. The number of nitrogens with two attached hydrogens (primary N) is 1. The molecule has 12 nitrogen and oxygen atoms in total. The highest BCUT2D eigenvalue weighted by Gasteiger charge is 2.43. The van der Waals surface area contributed by atoms with E-state index in [1.54, 1.807) is 20.8 Å². The summed E-state index contributed by atoms with van der Waals surface area (Å²) < 4.78 is 1.30. The number of hydrogen-bond acceptors (Lipinski definition) is 8. The number of aliphatic hydroxyl groups is 3. The van der Waals surface area contributed by atoms with E-state index in [-0.39, 0.29) is 31.0 Å². The van der Waals surface area contributed by atoms with E-state index in [1.807, 2.05) is 54.6 Å². The predicted molar refractivity (Wildman–Crippen MR) is 149 cm³/mol. The molecule has 1 aromatic heterocycles. The minimum atomic E-state index is -1.86. The Morgan fingerprint density at radius 3 is 2.24 bits per heavy atom. The second kappa shape index (κ2) is 12.6. The molecule has 1 aliphatic rings. The highest BCUT2D eigenvalue weighted by molar-refractivity contribution is 5.93. The molecule has 4 rings (SSSR count). The molecule has 0 spiro atoms. The van der Waals surface area contributed by atoms with Gasteiger partial charge in [0.1, 0.15) is 23.8 Å². The molecule has 2 aromatic carbocycles. The van der Waals surface area contributed by atoms with Gasteiger partial charge in [-0.2, -0.15) is 0 Å². The Labute approximate surface area is 237 Å². The molecule has 0 unspecified atom stereocenters. The Morgan fingerprint density at radius 1 is 1.05 bits per heavy atom. The molecule has 0 radical (unpaired) electrons. The first-order valence-electron chi connectivity index (χ1n) is 13.5. The number of hydrogen-bond donors (Lipinski definition) is 5. The van der Waals surface area contributed by atoms with Crippen molar-refractivity contribution in [2.45, 2.75) is 64.1 Å². The van der Waals surface area contributed by atoms with Crippen LogP contribution in [0.4, 0.5) is 0 Å². The van der Waals surface area contributed by atoms with Gasteiger partial charge in [-0.05, 0) is 29.5 Å². The first kappa shape index (κ1) is 29.8. The number of nitrogens with zero attached hydrogens (tertiary/aromatic N) is 4. The summed E-state index contributed by atoms with van der Waals surface area (Å²) in [5, 5.41) is 40.0. The number of β-amino-alcohol motifs (C(OH)–C–C–N with tert-alkyl or cyclic N) is 1. The second-order valence-corrected chi connectivity index (χ2v) is 10.7. The van der Waals surface area contributed by atoms with Crippen molar-refractivity contribution in [2.75, 3.05) is 6.54 Å². The van der Waals surface area contributed by atoms with Crippen LogP contribution in [-0.2, 0) is 20.8 Å². The summed E-state index contributed by atoms with van der Waals surface area (Å²) >= 11 is 0. The van der Waals surface area contributed by atoms with Gasteiger partial charge in [0, 0.05) is 19.4 Å². The maximum absolute atomic E-state index is 13.8. The number of nitrogens with one attached hydrogen (secondary N) is 1. The molecule has 1 aliphatic heterocycles. The number of amides is 3. The van der Waals surface area contributed by atoms with Gasteiger partial charge in [0.25, 0.3) is 0 Å². The minimum Gasteiger partial charge on any atom is -0.391 e. The Balaban J connectivity index is 1.50. The molecule has 0 saturated carbocycles. The number of benzene rings is 2. The van der Waals surface area contributed by atoms with Crippen molar-refractivity contribution in [3.05, 3.63) is 71.5 Å². The maximum Gasteiger partial charge on any atom is 0.248 e. The van der Waals surface area contributed by atoms with E-state index in [2.05, 4.69) is 15.6 Å². The molecule has 1 saturated heterocycles. The number of carbonyl (C=O) groups excluding carboxylic acids is 3. The van der Waals surface area contributed by atoms with Crippen LogP contribution in [-0.4, -0.2) is 77.7 Å². The fourth-order valence-corrected chi connectivity index (χ4v) is 5.19. The van der Waals surface area contributed by atoms with Gasteiger partial charge in [-0.1, -0.05) is 73.7 Å². The number of rotatable bonds is 10. The first-order chi connectivity index (χ1) is 19.5. The molecule has 1 fully saturated rings. The predicted octanol–water partition coefficient (Wildman–Crippen LogP) is 0.608. The SMILES string of the molecule is Cc1c(C(O)O)nnn1[C@H](C(=O)N1C[C@H](O)C[C@H]1C(=O)N[C@H](Cc1ccc(-c2ccccc2)cc1)C(N)=O)C(C)C. The summed E-state index contributed by atoms with van der Waals surface area (Å²) in [5.41, 5.74) is 8.69. The van der Waals surface area contributed by atoms with Crippen LogP contribution >= 0.6 is 0 Å². The maximum atomic E-state index is 13.8. The van der Waals surface area contributed by atoms with E-state index in [9.17, 15) is 29.7 Å². The topological polar surface area (TPSA) is 184 Å². The van der Waals surface area contributed by atoms with Crippen LogP contribution in [0.3, 0.4) is 0 Å². The number of likely N-dealkylation sites (tertiary alicyclic amines) is 1. The Bertz CT molecular complexity index is 1370. The average Bonchev–Trinajstić information content (AvgIpc) is 3.51. The largest absolute Gasteiger partial charge is 0.391 e. The molecule has 6 N–H and O–H groups in total. The van der Waals surface area contributed by atoms with Gasteiger partial charge in [-0.15, -0.1) is 5.10 Å². The second-order valence-electron chi connectivity index (χ2n) is 10.7. The van der Waals surface area contributed by atoms with Gasteiger partial charge < -0.3 is 31.3 Å². The van der Waals surface area contributed by atoms with Crippen molar-refractivity contribution < 1.29 is 29.7 Å². The summed E-state index contributed by atoms with van der Waals surface area (Å²) in [6.07, 6.45) is -2.68. The summed E-state index contributed by atoms with van der Waals surface area (Å²) in [4.78, 5) is 40.8. The van der Waals surface area contributed by atoms with Crippen LogP contribution in [0.2, 0.25) is 0 Å². The molecule has 41 heavy (non-hydrogen) atoms. The molecular weight excluding hydrogens is 528 g/mol. The molecule has 12 heteroatoms. The van der Waals surface area contributed by atoms with Gasteiger partial charge in [0.2, 0.25) is 17.7 Å². The van der Waals surface area contributed by atoms with Crippen LogP contribution in [0.25, 0.3) is 11.1 Å². The van der Waals surface area contributed by atoms with E-state index < -0.39 is 48.2 Å². The van der Waals surface area contributed by atoms with Crippen molar-refractivity contribution >= 4 is 17.7 Å². The van der Waals surface area contributed by atoms with Crippen molar-refractivity contribution in [1.29, 1.82) is 0 Å². The fourth-order valence-electron chi connectivity index (χ4n) is 5.19. The molecule has 3 amide bonds. The van der Waals surface area contributed by atoms with Gasteiger partial charge >= 0.3 is 0 Å². The van der Waals surface area contributed by atoms with Crippen molar-refractivity contribution in [3.63, 3.8) is 0 Å². The molecule has 0 aliphatic carbocycles. The molecular formula is C29H36N6O6. The van der Waals surface area contributed by atoms with Crippen LogP contribution in [0.5, 0.6) is 0 Å². The van der Waals surface area contributed by atoms with Crippen LogP contribution in [0, 0.1) is 12.8 Å². The van der Waals surface area contributed by atoms with Crippen molar-refractivity contribution in [3.8, 4) is 11.1 Å². The van der Waals surface area contributed by atoms with Gasteiger partial charge in [0.05, 0.1) is 11.8 Å². The zero-order valence-corrected chi connectivity index (χ0v) is 23.2. The quantitative estimate of drug-likeness (QED) is 0.222. The number of aromatic nitrogens is 3. The van der Waals surface area contributed by atoms with Crippen LogP contribution in [0.15, 0.2) is 54.6 Å². The molecule has 4 atom stereocenters. The van der Waals surface area contributed by atoms with Crippen LogP contribution in [0.1, 0.15) is 49.6 Å². The van der Waals surface area contributed by atoms with Gasteiger partial charge in [-0.3, -0.25) is 14.4 Å². The first-order valence-corrected chi connectivity index (χ1v) is 13.5. The summed E-state index contributed by atoms with van der Waals surface area (Å²) in [6.45, 7) is 5.04. The standard InChI is InChI=1S/C29H36N6O6/c1-16(2)25(35-17(3)24(29(40)41)32-33-35)28(39)34-15-21(36)14-23(34)27(38)31-22(26(30)37)13-18-9-11-20(12-10-18)19-7-5-4-6-8-19/h4-12,16,21-23,25,29,36,40-41H,13-15H2,1-3H3,(H2,30,37)(H,31,38)/t21-,22-,23+,25+/m1/s1. The van der Waals surface area contributed by atoms with E-state index >= 15 is 0 Å². The van der Waals surface area contributed by atoms with Crippen molar-refractivity contribution in [1.82, 2.24) is 25.2 Å². The molecule has 2 heterocycles. The third-order valence-electron chi connectivity index (χ3n) is 7.38. The number of aliphatic hydroxyl groups excluding tert-OH is 2. The van der Waals surface area contributed by atoms with E-state index in [0.29, 0.717) is 5.69 Å². The highest BCUT2D eigenvalue weighted by atomic mass is 16.5. The lowest BCUT2D eigenvalue weighted by Gasteiger charge is -2.31. The lowest BCUT2D eigenvalue weighted by atomic mass is 10.00. The van der Waals surface area contributed by atoms with Gasteiger partial charge in [-0.25, -0.2) is 4.68 Å². The molecule has 0 bridgehead atoms. The Kier molecular flexibility index (Phi) is 9.16. The normalized spacial score (nSPS) is 18.5. The number of primary amides is 1. The summed E-state index contributed by atoms with van der Waals surface area (Å²) in [7, 11) is 0. The monoisotopic (exact) mass is 564 g/mol. The van der Waals surface area contributed by atoms with Crippen molar-refractivity contribution in [2.24, 2.45) is 11.7 Å². The lowest BCUT2D eigenvalue weighted by molar-refractivity contribution is -0.143. The highest BCUT2D eigenvalue weighted by Crippen LogP contribution is 2.28. The Morgan fingerprint density at radius 2 is 1.68 bits per heavy atom. The number of carbonyl (C=O) groups is 3. The average molecular weight is 565 g/mol. The third-order valence-corrected chi connectivity index (χ3v) is 7.38. The zero-order chi connectivity index (χ0) is 29.8. The lowest BCUT2D eigenvalue weighted by Crippen LogP contribution is -2.54. The molecule has 3 aromatic rings. The summed E-state index contributed by atoms with van der Waals surface area (Å²) in [5.74, 6) is -2.14. The third kappa shape index (κ3) is 6.62.